The van der Waals surface area contributed by atoms with Crippen LogP contribution in [0, 0.1) is 25.5 Å². The van der Waals surface area contributed by atoms with Crippen LogP contribution in [-0.4, -0.2) is 33.6 Å². The van der Waals surface area contributed by atoms with Crippen molar-refractivity contribution >= 4 is 37.7 Å². The molecule has 0 aliphatic heterocycles. The molecule has 4 heterocycles. The summed E-state index contributed by atoms with van der Waals surface area (Å²) in [7, 11) is -3.91. The molecule has 4 aromatic heterocycles. The molecule has 1 aliphatic rings. The highest BCUT2D eigenvalue weighted by Gasteiger charge is 2.43. The zero-order valence-electron chi connectivity index (χ0n) is 20.9. The lowest BCUT2D eigenvalue weighted by atomic mass is 10.1. The number of pyridine rings is 2. The lowest BCUT2D eigenvalue weighted by Crippen LogP contribution is -2.24. The molecule has 1 unspecified atom stereocenters. The van der Waals surface area contributed by atoms with Gasteiger partial charge in [0.2, 0.25) is 0 Å². The van der Waals surface area contributed by atoms with Crippen molar-refractivity contribution in [3.63, 3.8) is 0 Å². The van der Waals surface area contributed by atoms with Gasteiger partial charge in [-0.1, -0.05) is 17.7 Å². The number of benzene rings is 1. The zero-order valence-corrected chi connectivity index (χ0v) is 23.3. The van der Waals surface area contributed by atoms with Gasteiger partial charge < -0.3 is 0 Å². The normalized spacial score (nSPS) is 17.2. The molecule has 1 aromatic carbocycles. The standard InChI is InChI=1S/C27H21ClF2N4O3S2/c1-13-11-32-24(15-5-4-6-20(22(15)29)39(3,36)37)23(30)25(13)34-14(2)9-18(21(28)26(34)35)16-10-17(16)19-12-38-27-31-7-8-33(19)27/h4-9,11-12,16-17H,10H2,1-3H3/t16-,17?/m1/s1. The fraction of sp³-hybridized carbons (Fsp3) is 0.222. The van der Waals surface area contributed by atoms with Crippen molar-refractivity contribution in [2.45, 2.75) is 37.0 Å². The Morgan fingerprint density at radius 3 is 2.64 bits per heavy atom. The molecule has 39 heavy (non-hydrogen) atoms. The molecule has 6 rings (SSSR count). The van der Waals surface area contributed by atoms with Crippen LogP contribution < -0.4 is 5.56 Å². The highest BCUT2D eigenvalue weighted by Crippen LogP contribution is 2.56. The smallest absolute Gasteiger partial charge is 0.274 e. The average molecular weight is 587 g/mol. The van der Waals surface area contributed by atoms with Crippen LogP contribution >= 0.6 is 22.9 Å². The van der Waals surface area contributed by atoms with Crippen LogP contribution in [0.1, 0.15) is 40.8 Å². The van der Waals surface area contributed by atoms with E-state index in [1.54, 1.807) is 37.4 Å². The lowest BCUT2D eigenvalue weighted by molar-refractivity contribution is 0.569. The van der Waals surface area contributed by atoms with E-state index in [0.29, 0.717) is 16.8 Å². The molecule has 7 nitrogen and oxygen atoms in total. The monoisotopic (exact) mass is 586 g/mol. The second kappa shape index (κ2) is 9.07. The van der Waals surface area contributed by atoms with Crippen LogP contribution in [0.4, 0.5) is 8.78 Å². The summed E-state index contributed by atoms with van der Waals surface area (Å²) >= 11 is 8.17. The summed E-state index contributed by atoms with van der Waals surface area (Å²) in [6.45, 7) is 3.26. The molecule has 0 spiro atoms. The molecule has 12 heteroatoms. The van der Waals surface area contributed by atoms with Crippen molar-refractivity contribution < 1.29 is 17.2 Å². The summed E-state index contributed by atoms with van der Waals surface area (Å²) in [5.74, 6) is -1.86. The largest absolute Gasteiger partial charge is 0.294 e. The third kappa shape index (κ3) is 4.11. The number of aryl methyl sites for hydroxylation is 2. The summed E-state index contributed by atoms with van der Waals surface area (Å²) in [6.07, 6.45) is 6.65. The maximum Gasteiger partial charge on any atom is 0.274 e. The molecule has 0 amide bonds. The first kappa shape index (κ1) is 25.8. The molecule has 0 N–H and O–H groups in total. The van der Waals surface area contributed by atoms with Gasteiger partial charge in [-0.25, -0.2) is 22.2 Å². The summed E-state index contributed by atoms with van der Waals surface area (Å²) in [5.41, 5.74) is 1.13. The van der Waals surface area contributed by atoms with Crippen LogP contribution in [0.25, 0.3) is 21.9 Å². The number of hydrogen-bond donors (Lipinski definition) is 0. The van der Waals surface area contributed by atoms with Gasteiger partial charge in [-0.3, -0.25) is 18.7 Å². The van der Waals surface area contributed by atoms with Gasteiger partial charge in [-0.05, 0) is 55.5 Å². The third-order valence-electron chi connectivity index (χ3n) is 7.12. The molecule has 1 saturated carbocycles. The second-order valence-electron chi connectivity index (χ2n) is 9.73. The van der Waals surface area contributed by atoms with E-state index >= 15 is 8.78 Å². The number of imidazole rings is 1. The van der Waals surface area contributed by atoms with Gasteiger partial charge in [0.15, 0.2) is 26.4 Å². The Morgan fingerprint density at radius 1 is 1.13 bits per heavy atom. The van der Waals surface area contributed by atoms with E-state index in [9.17, 15) is 13.2 Å². The van der Waals surface area contributed by atoms with Crippen LogP contribution in [0.3, 0.4) is 0 Å². The Balaban J connectivity index is 1.45. The van der Waals surface area contributed by atoms with E-state index in [4.69, 9.17) is 11.6 Å². The van der Waals surface area contributed by atoms with E-state index in [0.717, 1.165) is 34.0 Å². The number of sulfone groups is 1. The molecule has 0 saturated heterocycles. The summed E-state index contributed by atoms with van der Waals surface area (Å²) < 4.78 is 58.5. The number of rotatable bonds is 5. The first-order chi connectivity index (χ1) is 18.5. The van der Waals surface area contributed by atoms with Crippen LogP contribution in [0.5, 0.6) is 0 Å². The van der Waals surface area contributed by atoms with Crippen molar-refractivity contribution in [2.24, 2.45) is 0 Å². The highest BCUT2D eigenvalue weighted by atomic mass is 35.5. The van der Waals surface area contributed by atoms with Crippen LogP contribution in [-0.2, 0) is 9.84 Å². The highest BCUT2D eigenvalue weighted by molar-refractivity contribution is 7.90. The molecule has 1 aliphatic carbocycles. The quantitative estimate of drug-likeness (QED) is 0.259. The van der Waals surface area contributed by atoms with Gasteiger partial charge in [0.1, 0.15) is 15.6 Å². The molecule has 0 radical (unpaired) electrons. The molecule has 2 atom stereocenters. The number of aromatic nitrogens is 4. The van der Waals surface area contributed by atoms with Crippen molar-refractivity contribution in [1.29, 1.82) is 0 Å². The number of hydrogen-bond acceptors (Lipinski definition) is 6. The Hall–Kier alpha value is -3.41. The van der Waals surface area contributed by atoms with Crippen LogP contribution in [0.2, 0.25) is 5.02 Å². The summed E-state index contributed by atoms with van der Waals surface area (Å²) in [5, 5.41) is 2.05. The van der Waals surface area contributed by atoms with Crippen molar-refractivity contribution in [3.05, 3.63) is 97.8 Å². The minimum atomic E-state index is -3.91. The van der Waals surface area contributed by atoms with E-state index in [1.807, 2.05) is 10.6 Å². The van der Waals surface area contributed by atoms with Gasteiger partial charge >= 0.3 is 0 Å². The summed E-state index contributed by atoms with van der Waals surface area (Å²) in [4.78, 5) is 22.3. The Kier molecular flexibility index (Phi) is 6.01. The maximum absolute atomic E-state index is 16.1. The Morgan fingerprint density at radius 2 is 1.90 bits per heavy atom. The fourth-order valence-electron chi connectivity index (χ4n) is 5.16. The Bertz CT molecular complexity index is 1980. The van der Waals surface area contributed by atoms with Gasteiger partial charge in [0.25, 0.3) is 5.56 Å². The number of fused-ring (bicyclic) bond motifs is 1. The summed E-state index contributed by atoms with van der Waals surface area (Å²) in [6, 6.07) is 5.45. The van der Waals surface area contributed by atoms with Crippen molar-refractivity contribution in [1.82, 2.24) is 18.9 Å². The SMILES string of the molecule is Cc1cnc(-c2cccc(S(C)(=O)=O)c2F)c(F)c1-n1c(C)cc([C@@H]2CC2c2csc3nccn23)c(Cl)c1=O. The Labute approximate surface area is 231 Å². The molecular formula is C27H21ClF2N4O3S2. The lowest BCUT2D eigenvalue weighted by Gasteiger charge is -2.18. The predicted molar refractivity (Wildman–Crippen MR) is 146 cm³/mol. The minimum absolute atomic E-state index is 0.00683. The van der Waals surface area contributed by atoms with Crippen LogP contribution in [0.15, 0.2) is 57.9 Å². The second-order valence-corrected chi connectivity index (χ2v) is 12.9. The third-order valence-corrected chi connectivity index (χ3v) is 9.49. The molecule has 5 aromatic rings. The van der Waals surface area contributed by atoms with Crippen molar-refractivity contribution in [3.8, 4) is 16.9 Å². The maximum atomic E-state index is 16.1. The van der Waals surface area contributed by atoms with Crippen molar-refractivity contribution in [2.75, 3.05) is 6.26 Å². The van der Waals surface area contributed by atoms with E-state index < -0.39 is 37.6 Å². The number of nitrogens with zero attached hydrogens (tertiary/aromatic N) is 4. The predicted octanol–water partition coefficient (Wildman–Crippen LogP) is 5.83. The van der Waals surface area contributed by atoms with Gasteiger partial charge in [0, 0.05) is 53.1 Å². The van der Waals surface area contributed by atoms with Gasteiger partial charge in [-0.2, -0.15) is 0 Å². The number of thiazole rings is 1. The van der Waals surface area contributed by atoms with E-state index in [2.05, 4.69) is 15.3 Å². The molecule has 0 bridgehead atoms. The topological polar surface area (TPSA) is 86.3 Å². The first-order valence-corrected chi connectivity index (χ1v) is 15.1. The minimum Gasteiger partial charge on any atom is -0.294 e. The zero-order chi connectivity index (χ0) is 27.8. The average Bonchev–Trinajstić information content (AvgIpc) is 3.32. The number of halogens is 3. The molecule has 200 valence electrons. The molecule has 1 fully saturated rings. The van der Waals surface area contributed by atoms with E-state index in [-0.39, 0.29) is 28.1 Å². The first-order valence-electron chi connectivity index (χ1n) is 12.0. The fourth-order valence-corrected chi connectivity index (χ4v) is 7.12. The van der Waals surface area contributed by atoms with E-state index in [1.165, 1.54) is 18.3 Å². The molecular weight excluding hydrogens is 566 g/mol. The van der Waals surface area contributed by atoms with Gasteiger partial charge in [0.05, 0.1) is 5.69 Å². The van der Waals surface area contributed by atoms with Gasteiger partial charge in [-0.15, -0.1) is 11.3 Å².